The van der Waals surface area contributed by atoms with Crippen molar-refractivity contribution in [1.82, 2.24) is 10.1 Å². The highest BCUT2D eigenvalue weighted by Gasteiger charge is 2.26. The van der Waals surface area contributed by atoms with Crippen LogP contribution in [0.5, 0.6) is 0 Å². The first kappa shape index (κ1) is 8.99. The average Bonchev–Trinajstić information content (AvgIpc) is 2.36. The number of hydrogen-bond acceptors (Lipinski definition) is 5. The summed E-state index contributed by atoms with van der Waals surface area (Å²) in [7, 11) is 0. The van der Waals surface area contributed by atoms with Gasteiger partial charge in [-0.1, -0.05) is 13.3 Å². The molecule has 0 aliphatic rings. The third-order valence-electron chi connectivity index (χ3n) is 1.70. The summed E-state index contributed by atoms with van der Waals surface area (Å²) in [4.78, 5) is 3.88. The lowest BCUT2D eigenvalue weighted by molar-refractivity contribution is 0.284. The molecule has 1 aromatic heterocycles. The molecule has 0 aliphatic heterocycles. The van der Waals surface area contributed by atoms with E-state index < -0.39 is 5.54 Å². The molecule has 1 aromatic rings. The molecule has 5 heteroatoms. The van der Waals surface area contributed by atoms with Crippen LogP contribution in [0.2, 0.25) is 0 Å². The van der Waals surface area contributed by atoms with Gasteiger partial charge in [0.1, 0.15) is 0 Å². The van der Waals surface area contributed by atoms with E-state index in [9.17, 15) is 0 Å². The quantitative estimate of drug-likeness (QED) is 0.694. The van der Waals surface area contributed by atoms with Crippen molar-refractivity contribution >= 4 is 5.95 Å². The number of nitrogens with two attached hydrogens (primary N) is 2. The summed E-state index contributed by atoms with van der Waals surface area (Å²) in [6.45, 7) is 3.90. The van der Waals surface area contributed by atoms with Gasteiger partial charge in [0.15, 0.2) is 0 Å². The summed E-state index contributed by atoms with van der Waals surface area (Å²) in [6, 6.07) is 0. The van der Waals surface area contributed by atoms with Crippen LogP contribution >= 0.6 is 0 Å². The smallest absolute Gasteiger partial charge is 0.260 e. The Morgan fingerprint density at radius 3 is 2.67 bits per heavy atom. The van der Waals surface area contributed by atoms with E-state index in [2.05, 4.69) is 10.1 Å². The van der Waals surface area contributed by atoms with E-state index in [0.29, 0.717) is 5.89 Å². The lowest BCUT2D eigenvalue weighted by Crippen LogP contribution is -2.33. The fourth-order valence-corrected chi connectivity index (χ4v) is 1.09. The van der Waals surface area contributed by atoms with Gasteiger partial charge >= 0.3 is 0 Å². The number of nitrogens with zero attached hydrogens (tertiary/aromatic N) is 2. The normalized spacial score (nSPS) is 15.9. The molecule has 1 unspecified atom stereocenters. The predicted molar refractivity (Wildman–Crippen MR) is 45.2 cm³/mol. The summed E-state index contributed by atoms with van der Waals surface area (Å²) in [5, 5.41) is 3.48. The van der Waals surface area contributed by atoms with Gasteiger partial charge in [0.25, 0.3) is 5.95 Å². The second-order valence-electron chi connectivity index (χ2n) is 3.13. The number of nitrogen functional groups attached to an aromatic ring is 1. The van der Waals surface area contributed by atoms with E-state index in [-0.39, 0.29) is 5.95 Å². The molecular weight excluding hydrogens is 156 g/mol. The second kappa shape index (κ2) is 3.10. The summed E-state index contributed by atoms with van der Waals surface area (Å²) in [6.07, 6.45) is 1.77. The molecule has 1 rings (SSSR count). The summed E-state index contributed by atoms with van der Waals surface area (Å²) in [5.41, 5.74) is 10.7. The van der Waals surface area contributed by atoms with Crippen molar-refractivity contribution < 1.29 is 4.52 Å². The van der Waals surface area contributed by atoms with Gasteiger partial charge in [0, 0.05) is 0 Å². The van der Waals surface area contributed by atoms with Crippen LogP contribution in [0.3, 0.4) is 0 Å². The Morgan fingerprint density at radius 1 is 1.58 bits per heavy atom. The standard InChI is InChI=1S/C7H14N4O/c1-3-4-7(2,9)5-10-6(8)11-12-5/h3-4,9H2,1-2H3,(H2,8,11). The van der Waals surface area contributed by atoms with Crippen molar-refractivity contribution in [3.05, 3.63) is 5.89 Å². The van der Waals surface area contributed by atoms with Gasteiger partial charge in [-0.2, -0.15) is 4.98 Å². The molecule has 0 aliphatic carbocycles. The Balaban J connectivity index is 2.81. The maximum Gasteiger partial charge on any atom is 0.260 e. The third-order valence-corrected chi connectivity index (χ3v) is 1.70. The highest BCUT2D eigenvalue weighted by atomic mass is 16.5. The first-order valence-electron chi connectivity index (χ1n) is 3.95. The Kier molecular flexibility index (Phi) is 2.32. The Hall–Kier alpha value is -1.10. The molecule has 1 atom stereocenters. The van der Waals surface area contributed by atoms with Crippen LogP contribution < -0.4 is 11.5 Å². The van der Waals surface area contributed by atoms with E-state index in [1.807, 2.05) is 13.8 Å². The zero-order valence-corrected chi connectivity index (χ0v) is 7.37. The molecule has 5 nitrogen and oxygen atoms in total. The van der Waals surface area contributed by atoms with Crippen molar-refractivity contribution in [2.45, 2.75) is 32.2 Å². The fourth-order valence-electron chi connectivity index (χ4n) is 1.09. The van der Waals surface area contributed by atoms with Gasteiger partial charge in [0.2, 0.25) is 5.89 Å². The maximum absolute atomic E-state index is 5.91. The molecule has 0 spiro atoms. The van der Waals surface area contributed by atoms with Crippen molar-refractivity contribution in [3.63, 3.8) is 0 Å². The number of anilines is 1. The first-order valence-corrected chi connectivity index (χ1v) is 3.95. The zero-order chi connectivity index (χ0) is 9.19. The molecule has 0 radical (unpaired) electrons. The summed E-state index contributed by atoms with van der Waals surface area (Å²) in [5.74, 6) is 0.541. The van der Waals surface area contributed by atoms with Crippen LogP contribution in [0.1, 0.15) is 32.6 Å². The fraction of sp³-hybridized carbons (Fsp3) is 0.714. The molecule has 0 amide bonds. The molecule has 12 heavy (non-hydrogen) atoms. The minimum absolute atomic E-state index is 0.137. The van der Waals surface area contributed by atoms with E-state index in [4.69, 9.17) is 16.0 Å². The number of rotatable bonds is 3. The van der Waals surface area contributed by atoms with Crippen molar-refractivity contribution in [2.75, 3.05) is 5.73 Å². The van der Waals surface area contributed by atoms with E-state index in [0.717, 1.165) is 12.8 Å². The monoisotopic (exact) mass is 170 g/mol. The molecule has 0 aromatic carbocycles. The topological polar surface area (TPSA) is 91.0 Å². The summed E-state index contributed by atoms with van der Waals surface area (Å²) < 4.78 is 4.87. The van der Waals surface area contributed by atoms with E-state index in [1.54, 1.807) is 0 Å². The zero-order valence-electron chi connectivity index (χ0n) is 7.37. The van der Waals surface area contributed by atoms with E-state index in [1.165, 1.54) is 0 Å². The molecular formula is C7H14N4O. The SMILES string of the molecule is CCCC(C)(N)c1nc(N)no1. The van der Waals surface area contributed by atoms with Crippen LogP contribution in [0, 0.1) is 0 Å². The predicted octanol–water partition coefficient (Wildman–Crippen LogP) is 0.626. The van der Waals surface area contributed by atoms with Crippen molar-refractivity contribution in [1.29, 1.82) is 0 Å². The minimum Gasteiger partial charge on any atom is -0.365 e. The summed E-state index contributed by atoms with van der Waals surface area (Å²) >= 11 is 0. The van der Waals surface area contributed by atoms with Gasteiger partial charge < -0.3 is 16.0 Å². The first-order chi connectivity index (χ1) is 5.56. The molecule has 0 fully saturated rings. The minimum atomic E-state index is -0.556. The largest absolute Gasteiger partial charge is 0.365 e. The second-order valence-corrected chi connectivity index (χ2v) is 3.13. The van der Waals surface area contributed by atoms with Gasteiger partial charge in [-0.15, -0.1) is 0 Å². The van der Waals surface area contributed by atoms with Crippen molar-refractivity contribution in [2.24, 2.45) is 5.73 Å². The highest BCUT2D eigenvalue weighted by molar-refractivity contribution is 5.13. The van der Waals surface area contributed by atoms with Crippen LogP contribution in [0.25, 0.3) is 0 Å². The van der Waals surface area contributed by atoms with Crippen molar-refractivity contribution in [3.8, 4) is 0 Å². The highest BCUT2D eigenvalue weighted by Crippen LogP contribution is 2.21. The van der Waals surface area contributed by atoms with Crippen LogP contribution in [0.4, 0.5) is 5.95 Å². The number of aromatic nitrogens is 2. The van der Waals surface area contributed by atoms with Gasteiger partial charge in [-0.3, -0.25) is 0 Å². The van der Waals surface area contributed by atoms with Gasteiger partial charge in [0.05, 0.1) is 5.54 Å². The lowest BCUT2D eigenvalue weighted by atomic mass is 9.98. The maximum atomic E-state index is 5.91. The Labute approximate surface area is 71.1 Å². The molecule has 0 saturated carbocycles. The molecule has 0 bridgehead atoms. The van der Waals surface area contributed by atoms with Gasteiger partial charge in [-0.25, -0.2) is 0 Å². The van der Waals surface area contributed by atoms with Crippen LogP contribution in [0.15, 0.2) is 4.52 Å². The van der Waals surface area contributed by atoms with Gasteiger partial charge in [-0.05, 0) is 18.5 Å². The lowest BCUT2D eigenvalue weighted by Gasteiger charge is -2.17. The Bertz CT molecular complexity index is 256. The van der Waals surface area contributed by atoms with Crippen LogP contribution in [-0.2, 0) is 5.54 Å². The molecule has 1 heterocycles. The molecule has 68 valence electrons. The number of hydrogen-bond donors (Lipinski definition) is 2. The van der Waals surface area contributed by atoms with Crippen LogP contribution in [-0.4, -0.2) is 10.1 Å². The Morgan fingerprint density at radius 2 is 2.25 bits per heavy atom. The molecule has 4 N–H and O–H groups in total. The third kappa shape index (κ3) is 1.73. The average molecular weight is 170 g/mol. The van der Waals surface area contributed by atoms with E-state index >= 15 is 0 Å². The molecule has 0 saturated heterocycles.